The Morgan fingerprint density at radius 3 is 2.69 bits per heavy atom. The molecule has 0 aromatic heterocycles. The first-order chi connectivity index (χ1) is 13.9. The van der Waals surface area contributed by atoms with Crippen LogP contribution in [0.3, 0.4) is 0 Å². The normalized spacial score (nSPS) is 14.4. The number of hydrogen-bond acceptors (Lipinski definition) is 8. The smallest absolute Gasteiger partial charge is 0.308 e. The van der Waals surface area contributed by atoms with Crippen LogP contribution in [0, 0.1) is 0 Å². The average Bonchev–Trinajstić information content (AvgIpc) is 2.96. The van der Waals surface area contributed by atoms with Gasteiger partial charge in [-0.2, -0.15) is 13.5 Å². The SMILES string of the molecule is COc1ccc(/C=N/N(CCO)C2=NS(=O)(=O)c3ccccc32)cc1OC(C)=O. The third-order valence-corrected chi connectivity index (χ3v) is 5.28. The number of benzene rings is 2. The Morgan fingerprint density at radius 2 is 2.00 bits per heavy atom. The lowest BCUT2D eigenvalue weighted by atomic mass is 10.2. The van der Waals surface area contributed by atoms with E-state index in [2.05, 4.69) is 9.50 Å². The fourth-order valence-electron chi connectivity index (χ4n) is 2.73. The maximum absolute atomic E-state index is 12.3. The van der Waals surface area contributed by atoms with Gasteiger partial charge in [-0.05, 0) is 35.9 Å². The first kappa shape index (κ1) is 20.5. The van der Waals surface area contributed by atoms with Crippen molar-refractivity contribution in [1.29, 1.82) is 0 Å². The number of aliphatic hydroxyl groups excluding tert-OH is 1. The molecule has 0 atom stereocenters. The standard InChI is InChI=1S/C19H19N3O6S/c1-13(24)28-17-11-14(7-8-16(17)27-2)12-20-22(9-10-23)19-15-5-3-4-6-18(15)29(25,26)21-19/h3-8,11-12,23H,9-10H2,1-2H3/b20-12+. The van der Waals surface area contributed by atoms with E-state index in [1.54, 1.807) is 36.4 Å². The van der Waals surface area contributed by atoms with E-state index in [0.29, 0.717) is 16.9 Å². The Labute approximate surface area is 168 Å². The molecule has 10 heteroatoms. The number of esters is 1. The summed E-state index contributed by atoms with van der Waals surface area (Å²) in [6, 6.07) is 11.3. The van der Waals surface area contributed by atoms with Crippen molar-refractivity contribution < 1.29 is 27.8 Å². The van der Waals surface area contributed by atoms with Gasteiger partial charge in [-0.1, -0.05) is 12.1 Å². The van der Waals surface area contributed by atoms with Crippen molar-refractivity contribution in [2.45, 2.75) is 11.8 Å². The Kier molecular flexibility index (Phi) is 5.95. The molecule has 0 saturated heterocycles. The number of rotatable bonds is 6. The van der Waals surface area contributed by atoms with E-state index in [1.165, 1.54) is 31.3 Å². The number of ether oxygens (including phenoxy) is 2. The molecule has 2 aromatic rings. The molecule has 152 valence electrons. The summed E-state index contributed by atoms with van der Waals surface area (Å²) in [5.41, 5.74) is 0.980. The highest BCUT2D eigenvalue weighted by Crippen LogP contribution is 2.29. The zero-order valence-electron chi connectivity index (χ0n) is 15.8. The number of hydrazone groups is 1. The number of aliphatic hydroxyl groups is 1. The third-order valence-electron chi connectivity index (χ3n) is 3.96. The van der Waals surface area contributed by atoms with Gasteiger partial charge in [0.1, 0.15) is 4.90 Å². The van der Waals surface area contributed by atoms with Gasteiger partial charge in [-0.15, -0.1) is 4.40 Å². The van der Waals surface area contributed by atoms with Gasteiger partial charge in [0, 0.05) is 12.5 Å². The number of amidine groups is 1. The van der Waals surface area contributed by atoms with E-state index in [1.807, 2.05) is 0 Å². The second kappa shape index (κ2) is 8.41. The molecule has 0 saturated carbocycles. The van der Waals surface area contributed by atoms with Crippen molar-refractivity contribution >= 4 is 28.0 Å². The first-order valence-electron chi connectivity index (χ1n) is 8.59. The molecule has 29 heavy (non-hydrogen) atoms. The maximum atomic E-state index is 12.3. The highest BCUT2D eigenvalue weighted by molar-refractivity contribution is 7.90. The van der Waals surface area contributed by atoms with Crippen LogP contribution in [-0.4, -0.2) is 56.8 Å². The van der Waals surface area contributed by atoms with E-state index < -0.39 is 16.0 Å². The molecule has 0 fully saturated rings. The largest absolute Gasteiger partial charge is 0.493 e. The second-order valence-corrected chi connectivity index (χ2v) is 7.55. The van der Waals surface area contributed by atoms with Crippen molar-refractivity contribution in [3.05, 3.63) is 53.6 Å². The van der Waals surface area contributed by atoms with Crippen LogP contribution in [0.1, 0.15) is 18.1 Å². The van der Waals surface area contributed by atoms with Gasteiger partial charge in [-0.25, -0.2) is 5.01 Å². The third kappa shape index (κ3) is 4.44. The molecule has 2 aromatic carbocycles. The summed E-state index contributed by atoms with van der Waals surface area (Å²) in [6.45, 7) is 1.05. The Hall–Kier alpha value is -3.24. The maximum Gasteiger partial charge on any atom is 0.308 e. The van der Waals surface area contributed by atoms with Crippen molar-refractivity contribution in [2.75, 3.05) is 20.3 Å². The van der Waals surface area contributed by atoms with E-state index >= 15 is 0 Å². The van der Waals surface area contributed by atoms with Crippen molar-refractivity contribution in [1.82, 2.24) is 5.01 Å². The lowest BCUT2D eigenvalue weighted by Gasteiger charge is -2.17. The monoisotopic (exact) mass is 417 g/mol. The minimum absolute atomic E-state index is 0.0339. The van der Waals surface area contributed by atoms with Crippen LogP contribution >= 0.6 is 0 Å². The molecule has 0 spiro atoms. The molecule has 1 N–H and O–H groups in total. The molecule has 0 aliphatic carbocycles. The van der Waals surface area contributed by atoms with E-state index in [-0.39, 0.29) is 29.6 Å². The van der Waals surface area contributed by atoms with Gasteiger partial charge in [0.05, 0.1) is 26.5 Å². The van der Waals surface area contributed by atoms with Crippen LogP contribution in [0.2, 0.25) is 0 Å². The number of carbonyl (C=O) groups excluding carboxylic acids is 1. The van der Waals surface area contributed by atoms with Crippen LogP contribution < -0.4 is 9.47 Å². The molecular weight excluding hydrogens is 398 g/mol. The molecule has 0 amide bonds. The number of sulfonamides is 1. The molecule has 0 bridgehead atoms. The molecule has 1 heterocycles. The molecule has 3 rings (SSSR count). The summed E-state index contributed by atoms with van der Waals surface area (Å²) in [4.78, 5) is 11.4. The van der Waals surface area contributed by atoms with Crippen LogP contribution in [0.5, 0.6) is 11.5 Å². The van der Waals surface area contributed by atoms with E-state index in [9.17, 15) is 18.3 Å². The van der Waals surface area contributed by atoms with Gasteiger partial charge in [0.25, 0.3) is 10.0 Å². The van der Waals surface area contributed by atoms with Gasteiger partial charge >= 0.3 is 5.97 Å². The Bertz CT molecular complexity index is 1090. The zero-order chi connectivity index (χ0) is 21.0. The predicted octanol–water partition coefficient (Wildman–Crippen LogP) is 1.40. The summed E-state index contributed by atoms with van der Waals surface area (Å²) in [7, 11) is -2.36. The number of nitrogens with zero attached hydrogens (tertiary/aromatic N) is 3. The first-order valence-corrected chi connectivity index (χ1v) is 10.0. The van der Waals surface area contributed by atoms with Crippen molar-refractivity contribution in [2.24, 2.45) is 9.50 Å². The van der Waals surface area contributed by atoms with E-state index in [0.717, 1.165) is 0 Å². The Morgan fingerprint density at radius 1 is 1.24 bits per heavy atom. The fourth-order valence-corrected chi connectivity index (χ4v) is 3.94. The highest BCUT2D eigenvalue weighted by atomic mass is 32.2. The van der Waals surface area contributed by atoms with Gasteiger partial charge < -0.3 is 14.6 Å². The fraction of sp³-hybridized carbons (Fsp3) is 0.211. The van der Waals surface area contributed by atoms with Gasteiger partial charge in [-0.3, -0.25) is 4.79 Å². The summed E-state index contributed by atoms with van der Waals surface area (Å²) in [6.07, 6.45) is 1.44. The quantitative estimate of drug-likeness (QED) is 0.327. The lowest BCUT2D eigenvalue weighted by Crippen LogP contribution is -2.28. The van der Waals surface area contributed by atoms with Crippen LogP contribution in [0.25, 0.3) is 0 Å². The van der Waals surface area contributed by atoms with Crippen LogP contribution in [0.15, 0.2) is 56.9 Å². The summed E-state index contributed by atoms with van der Waals surface area (Å²) in [5.74, 6) is 0.231. The minimum Gasteiger partial charge on any atom is -0.493 e. The highest BCUT2D eigenvalue weighted by Gasteiger charge is 2.31. The van der Waals surface area contributed by atoms with Crippen LogP contribution in [0.4, 0.5) is 0 Å². The van der Waals surface area contributed by atoms with Crippen molar-refractivity contribution in [3.63, 3.8) is 0 Å². The van der Waals surface area contributed by atoms with Crippen LogP contribution in [-0.2, 0) is 14.8 Å². The molecule has 1 aliphatic rings. The molecule has 9 nitrogen and oxygen atoms in total. The molecule has 0 radical (unpaired) electrons. The Balaban J connectivity index is 1.94. The minimum atomic E-state index is -3.81. The van der Waals surface area contributed by atoms with E-state index in [4.69, 9.17) is 9.47 Å². The summed E-state index contributed by atoms with van der Waals surface area (Å²) >= 11 is 0. The lowest BCUT2D eigenvalue weighted by molar-refractivity contribution is -0.132. The summed E-state index contributed by atoms with van der Waals surface area (Å²) < 4.78 is 38.6. The summed E-state index contributed by atoms with van der Waals surface area (Å²) in [5, 5.41) is 15.0. The topological polar surface area (TPSA) is 118 Å². The zero-order valence-corrected chi connectivity index (χ0v) is 16.6. The molecule has 1 aliphatic heterocycles. The predicted molar refractivity (Wildman–Crippen MR) is 106 cm³/mol. The number of fused-ring (bicyclic) bond motifs is 1. The number of methoxy groups -OCH3 is 1. The van der Waals surface area contributed by atoms with Gasteiger partial charge in [0.15, 0.2) is 17.3 Å². The average molecular weight is 417 g/mol. The second-order valence-electron chi connectivity index (χ2n) is 5.98. The van der Waals surface area contributed by atoms with Gasteiger partial charge in [0.2, 0.25) is 0 Å². The van der Waals surface area contributed by atoms with Crippen molar-refractivity contribution in [3.8, 4) is 11.5 Å². The molecule has 0 unspecified atom stereocenters. The molecular formula is C19H19N3O6S. The number of hydrogen-bond donors (Lipinski definition) is 1. The number of carbonyl (C=O) groups is 1.